The molecular weight excluding hydrogens is 384 g/mol. The largest absolute Gasteiger partial charge is 0.382 e. The number of fused-ring (bicyclic) bond motifs is 1. The number of hydrogen-bond acceptors (Lipinski definition) is 8. The molecule has 30 heavy (non-hydrogen) atoms. The molecule has 1 unspecified atom stereocenters. The van der Waals surface area contributed by atoms with Crippen LogP contribution in [-0.2, 0) is 9.53 Å². The first-order chi connectivity index (χ1) is 14.5. The fourth-order valence-corrected chi connectivity index (χ4v) is 3.09. The zero-order valence-electron chi connectivity index (χ0n) is 17.7. The summed E-state index contributed by atoms with van der Waals surface area (Å²) in [5.74, 6) is 1.52. The Morgan fingerprint density at radius 3 is 2.80 bits per heavy atom. The van der Waals surface area contributed by atoms with Gasteiger partial charge in [0.05, 0.1) is 11.7 Å². The van der Waals surface area contributed by atoms with Gasteiger partial charge in [0, 0.05) is 32.9 Å². The minimum atomic E-state index is -0.312. The van der Waals surface area contributed by atoms with E-state index in [9.17, 15) is 4.79 Å². The minimum Gasteiger partial charge on any atom is -0.382 e. The molecule has 0 aliphatic heterocycles. The fourth-order valence-electron chi connectivity index (χ4n) is 3.09. The predicted octanol–water partition coefficient (Wildman–Crippen LogP) is 2.84. The number of anilines is 3. The second-order valence-corrected chi connectivity index (χ2v) is 6.84. The van der Waals surface area contributed by atoms with E-state index in [2.05, 4.69) is 41.1 Å². The highest BCUT2D eigenvalue weighted by Crippen LogP contribution is 2.29. The third-order valence-electron chi connectivity index (χ3n) is 4.41. The molecule has 3 aromatic heterocycles. The van der Waals surface area contributed by atoms with E-state index in [1.807, 2.05) is 32.9 Å². The number of pyridine rings is 1. The van der Waals surface area contributed by atoms with Crippen molar-refractivity contribution in [3.05, 3.63) is 29.6 Å². The lowest BCUT2D eigenvalue weighted by molar-refractivity contribution is -0.119. The van der Waals surface area contributed by atoms with Crippen LogP contribution in [0.5, 0.6) is 0 Å². The Bertz CT molecular complexity index is 1000. The molecule has 3 rings (SSSR count). The summed E-state index contributed by atoms with van der Waals surface area (Å²) in [7, 11) is 0. The Morgan fingerprint density at radius 1 is 1.27 bits per heavy atom. The maximum absolute atomic E-state index is 11.8. The molecule has 0 saturated carbocycles. The third kappa shape index (κ3) is 5.20. The van der Waals surface area contributed by atoms with Crippen LogP contribution in [0.15, 0.2) is 18.3 Å². The molecule has 0 aliphatic carbocycles. The average Bonchev–Trinajstić information content (AvgIpc) is 3.11. The van der Waals surface area contributed by atoms with Crippen LogP contribution >= 0.6 is 0 Å². The van der Waals surface area contributed by atoms with Crippen molar-refractivity contribution in [2.75, 3.05) is 30.4 Å². The number of nitrogens with zero attached hydrogens (tertiary/aromatic N) is 4. The zero-order chi connectivity index (χ0) is 21.5. The maximum atomic E-state index is 11.8. The van der Waals surface area contributed by atoms with Crippen LogP contribution in [0.2, 0.25) is 0 Å². The van der Waals surface area contributed by atoms with E-state index < -0.39 is 0 Å². The van der Waals surface area contributed by atoms with Gasteiger partial charge in [0.2, 0.25) is 11.9 Å². The Balaban J connectivity index is 2.03. The molecule has 0 radical (unpaired) electrons. The molecule has 0 saturated heterocycles. The number of ether oxygens (including phenoxy) is 1. The van der Waals surface area contributed by atoms with Crippen molar-refractivity contribution >= 4 is 34.5 Å². The van der Waals surface area contributed by atoms with Gasteiger partial charge in [0.25, 0.3) is 0 Å². The summed E-state index contributed by atoms with van der Waals surface area (Å²) in [6, 6.07) is 3.54. The minimum absolute atomic E-state index is 0.137. The summed E-state index contributed by atoms with van der Waals surface area (Å²) in [5.41, 5.74) is 2.99. The van der Waals surface area contributed by atoms with E-state index in [1.165, 1.54) is 6.92 Å². The maximum Gasteiger partial charge on any atom is 0.225 e. The summed E-state index contributed by atoms with van der Waals surface area (Å²) in [4.78, 5) is 25.3. The van der Waals surface area contributed by atoms with E-state index in [-0.39, 0.29) is 11.9 Å². The number of rotatable bonds is 10. The summed E-state index contributed by atoms with van der Waals surface area (Å²) >= 11 is 0. The van der Waals surface area contributed by atoms with E-state index >= 15 is 0 Å². The molecule has 1 amide bonds. The zero-order valence-corrected chi connectivity index (χ0v) is 17.7. The van der Waals surface area contributed by atoms with Crippen molar-refractivity contribution in [2.24, 2.45) is 0 Å². The van der Waals surface area contributed by atoms with Gasteiger partial charge in [-0.15, -0.1) is 0 Å². The van der Waals surface area contributed by atoms with E-state index in [4.69, 9.17) is 4.74 Å². The quantitative estimate of drug-likeness (QED) is 0.374. The lowest BCUT2D eigenvalue weighted by atomic mass is 10.1. The van der Waals surface area contributed by atoms with Crippen LogP contribution < -0.4 is 16.0 Å². The number of carbonyl (C=O) groups excluding carboxylic acids is 1. The van der Waals surface area contributed by atoms with Gasteiger partial charge in [0.1, 0.15) is 11.3 Å². The molecule has 0 aliphatic rings. The Morgan fingerprint density at radius 2 is 2.10 bits per heavy atom. The number of aryl methyl sites for hydroxylation is 1. The van der Waals surface area contributed by atoms with Crippen LogP contribution in [0.3, 0.4) is 0 Å². The van der Waals surface area contributed by atoms with E-state index in [1.54, 1.807) is 6.20 Å². The number of H-pyrrole nitrogens is 1. The molecule has 10 nitrogen and oxygen atoms in total. The molecule has 160 valence electrons. The van der Waals surface area contributed by atoms with Crippen molar-refractivity contribution in [1.29, 1.82) is 0 Å². The Hall–Kier alpha value is -3.27. The highest BCUT2D eigenvalue weighted by Gasteiger charge is 2.22. The van der Waals surface area contributed by atoms with Crippen LogP contribution in [0.4, 0.5) is 17.6 Å². The molecule has 0 aromatic carbocycles. The van der Waals surface area contributed by atoms with Gasteiger partial charge < -0.3 is 20.7 Å². The smallest absolute Gasteiger partial charge is 0.225 e. The lowest BCUT2D eigenvalue weighted by Crippen LogP contribution is -2.27. The molecule has 0 fully saturated rings. The van der Waals surface area contributed by atoms with Crippen molar-refractivity contribution in [3.63, 3.8) is 0 Å². The van der Waals surface area contributed by atoms with E-state index in [0.29, 0.717) is 60.5 Å². The van der Waals surface area contributed by atoms with Crippen molar-refractivity contribution in [2.45, 2.75) is 40.2 Å². The summed E-state index contributed by atoms with van der Waals surface area (Å²) in [6.45, 7) is 9.18. The predicted molar refractivity (Wildman–Crippen MR) is 116 cm³/mol. The first kappa shape index (κ1) is 21.4. The van der Waals surface area contributed by atoms with Gasteiger partial charge in [-0.2, -0.15) is 10.1 Å². The first-order valence-corrected chi connectivity index (χ1v) is 10.1. The molecule has 4 N–H and O–H groups in total. The SMILES string of the molecule is CCNc1nc(Nc2cc(C)ccn2)c2n[nH]c(C(CCOCC)NC(C)=O)c2n1. The lowest BCUT2D eigenvalue weighted by Gasteiger charge is -2.17. The first-order valence-electron chi connectivity index (χ1n) is 10.1. The molecular formula is C20H28N8O2. The number of carbonyl (C=O) groups is 1. The van der Waals surface area contributed by atoms with Crippen LogP contribution in [0.1, 0.15) is 44.5 Å². The number of aromatic amines is 1. The molecule has 10 heteroatoms. The molecule has 3 aromatic rings. The van der Waals surface area contributed by atoms with E-state index in [0.717, 1.165) is 5.56 Å². The number of hydrogen-bond donors (Lipinski definition) is 4. The highest BCUT2D eigenvalue weighted by atomic mass is 16.5. The van der Waals surface area contributed by atoms with Gasteiger partial charge in [-0.25, -0.2) is 9.97 Å². The topological polar surface area (TPSA) is 130 Å². The van der Waals surface area contributed by atoms with Gasteiger partial charge in [-0.3, -0.25) is 9.89 Å². The van der Waals surface area contributed by atoms with Gasteiger partial charge in [-0.1, -0.05) is 0 Å². The Kier molecular flexibility index (Phi) is 7.12. The second kappa shape index (κ2) is 9.97. The molecule has 0 bridgehead atoms. The van der Waals surface area contributed by atoms with Crippen LogP contribution in [0, 0.1) is 6.92 Å². The van der Waals surface area contributed by atoms with Crippen molar-refractivity contribution in [3.8, 4) is 0 Å². The average molecular weight is 412 g/mol. The van der Waals surface area contributed by atoms with Gasteiger partial charge in [0.15, 0.2) is 11.3 Å². The second-order valence-electron chi connectivity index (χ2n) is 6.84. The normalized spacial score (nSPS) is 12.0. The number of nitrogens with one attached hydrogen (secondary N) is 4. The Labute approximate surface area is 175 Å². The van der Waals surface area contributed by atoms with Crippen LogP contribution in [-0.4, -0.2) is 50.8 Å². The highest BCUT2D eigenvalue weighted by molar-refractivity contribution is 5.90. The molecule has 0 spiro atoms. The van der Waals surface area contributed by atoms with Crippen molar-refractivity contribution < 1.29 is 9.53 Å². The summed E-state index contributed by atoms with van der Waals surface area (Å²) in [5, 5.41) is 16.8. The third-order valence-corrected chi connectivity index (χ3v) is 4.41. The summed E-state index contributed by atoms with van der Waals surface area (Å²) < 4.78 is 5.48. The fraction of sp³-hybridized carbons (Fsp3) is 0.450. The number of aromatic nitrogens is 5. The summed E-state index contributed by atoms with van der Waals surface area (Å²) in [6.07, 6.45) is 2.32. The monoisotopic (exact) mass is 412 g/mol. The van der Waals surface area contributed by atoms with Crippen LogP contribution in [0.25, 0.3) is 11.0 Å². The van der Waals surface area contributed by atoms with Gasteiger partial charge in [-0.05, 0) is 44.9 Å². The van der Waals surface area contributed by atoms with Gasteiger partial charge >= 0.3 is 0 Å². The molecule has 1 atom stereocenters. The van der Waals surface area contributed by atoms with Crippen molar-refractivity contribution in [1.82, 2.24) is 30.5 Å². The standard InChI is InChI=1S/C20H28N8O2/c1-5-21-20-25-17-16(14(23-13(4)29)8-10-30-6-2)27-28-18(17)19(26-20)24-15-11-12(3)7-9-22-15/h7,9,11,14H,5-6,8,10H2,1-4H3,(H,23,29)(H,27,28)(H2,21,22,24,25,26). The molecule has 3 heterocycles. The number of amides is 1.